The van der Waals surface area contributed by atoms with Crippen LogP contribution in [0.1, 0.15) is 43.5 Å². The molecule has 3 aromatic rings. The molecule has 0 atom stereocenters. The zero-order valence-corrected chi connectivity index (χ0v) is 18.4. The van der Waals surface area contributed by atoms with Gasteiger partial charge in [-0.25, -0.2) is 15.0 Å². The molecule has 0 aromatic carbocycles. The van der Waals surface area contributed by atoms with Crippen LogP contribution in [-0.2, 0) is 6.54 Å². The van der Waals surface area contributed by atoms with Crippen molar-refractivity contribution in [3.8, 4) is 16.6 Å². The lowest BCUT2D eigenvalue weighted by molar-refractivity contribution is 0.142. The standard InChI is InChI=1S/C21H27N7OS/c1-14-9-17(26-20(25-14)29-16-7-5-4-6-8-16)18-11-24-21(30-18)27-19-12-22-15(10-23-19)13-28(2)3/h9-12,16H,4-8,13H2,1-3H3,(H,23,24,27). The number of aromatic nitrogens is 5. The number of nitrogens with one attached hydrogen (secondary N) is 1. The van der Waals surface area contributed by atoms with Gasteiger partial charge in [-0.2, -0.15) is 4.98 Å². The molecule has 1 aliphatic carbocycles. The third-order valence-electron chi connectivity index (χ3n) is 4.83. The lowest BCUT2D eigenvalue weighted by atomic mass is 9.98. The maximum Gasteiger partial charge on any atom is 0.317 e. The number of rotatable bonds is 7. The van der Waals surface area contributed by atoms with E-state index in [0.29, 0.717) is 11.8 Å². The second-order valence-corrected chi connectivity index (χ2v) is 8.87. The summed E-state index contributed by atoms with van der Waals surface area (Å²) in [5.74, 6) is 0.665. The van der Waals surface area contributed by atoms with Crippen molar-refractivity contribution in [3.05, 3.63) is 36.0 Å². The van der Waals surface area contributed by atoms with Crippen molar-refractivity contribution in [2.24, 2.45) is 0 Å². The van der Waals surface area contributed by atoms with E-state index in [0.717, 1.165) is 46.5 Å². The van der Waals surface area contributed by atoms with Gasteiger partial charge >= 0.3 is 6.01 Å². The number of aryl methyl sites for hydroxylation is 1. The Morgan fingerprint density at radius 1 is 1.07 bits per heavy atom. The van der Waals surface area contributed by atoms with Gasteiger partial charge in [0, 0.05) is 18.4 Å². The molecule has 4 rings (SSSR count). The molecular formula is C21H27N7OS. The van der Waals surface area contributed by atoms with E-state index in [9.17, 15) is 0 Å². The highest BCUT2D eigenvalue weighted by molar-refractivity contribution is 7.18. The predicted molar refractivity (Wildman–Crippen MR) is 118 cm³/mol. The molecular weight excluding hydrogens is 398 g/mol. The number of hydrogen-bond acceptors (Lipinski definition) is 9. The fourth-order valence-electron chi connectivity index (χ4n) is 3.44. The smallest absolute Gasteiger partial charge is 0.317 e. The quantitative estimate of drug-likeness (QED) is 0.602. The summed E-state index contributed by atoms with van der Waals surface area (Å²) in [5.41, 5.74) is 2.63. The fourth-order valence-corrected chi connectivity index (χ4v) is 4.22. The Labute approximate surface area is 180 Å². The molecule has 30 heavy (non-hydrogen) atoms. The Bertz CT molecular complexity index is 968. The Morgan fingerprint density at radius 3 is 2.63 bits per heavy atom. The van der Waals surface area contributed by atoms with E-state index in [-0.39, 0.29) is 6.10 Å². The summed E-state index contributed by atoms with van der Waals surface area (Å²) in [6.07, 6.45) is 11.4. The molecule has 0 aliphatic heterocycles. The predicted octanol–water partition coefficient (Wildman–Crippen LogP) is 4.22. The number of ether oxygens (including phenoxy) is 1. The van der Waals surface area contributed by atoms with E-state index < -0.39 is 0 Å². The Morgan fingerprint density at radius 2 is 1.90 bits per heavy atom. The molecule has 0 saturated heterocycles. The van der Waals surface area contributed by atoms with E-state index in [2.05, 4.69) is 35.1 Å². The minimum atomic E-state index is 0.223. The number of thiazole rings is 1. The molecule has 158 valence electrons. The minimum absolute atomic E-state index is 0.223. The minimum Gasteiger partial charge on any atom is -0.460 e. The van der Waals surface area contributed by atoms with Crippen molar-refractivity contribution >= 4 is 22.3 Å². The molecule has 0 radical (unpaired) electrons. The first-order valence-corrected chi connectivity index (χ1v) is 11.1. The topological polar surface area (TPSA) is 89.0 Å². The van der Waals surface area contributed by atoms with Crippen LogP contribution >= 0.6 is 11.3 Å². The average molecular weight is 426 g/mol. The van der Waals surface area contributed by atoms with Gasteiger partial charge in [0.15, 0.2) is 10.9 Å². The molecule has 1 saturated carbocycles. The van der Waals surface area contributed by atoms with Gasteiger partial charge < -0.3 is 15.0 Å². The molecule has 9 heteroatoms. The first-order chi connectivity index (χ1) is 14.5. The van der Waals surface area contributed by atoms with E-state index in [1.165, 1.54) is 30.6 Å². The SMILES string of the molecule is Cc1cc(-c2cnc(Nc3cnc(CN(C)C)cn3)s2)nc(OC2CCCCC2)n1. The van der Waals surface area contributed by atoms with Crippen LogP contribution in [0, 0.1) is 6.92 Å². The van der Waals surface area contributed by atoms with Crippen LogP contribution in [0.3, 0.4) is 0 Å². The second-order valence-electron chi connectivity index (χ2n) is 7.84. The van der Waals surface area contributed by atoms with Gasteiger partial charge in [-0.05, 0) is 52.8 Å². The van der Waals surface area contributed by atoms with Crippen LogP contribution in [0.15, 0.2) is 24.7 Å². The highest BCUT2D eigenvalue weighted by atomic mass is 32.1. The van der Waals surface area contributed by atoms with Crippen LogP contribution in [0.5, 0.6) is 6.01 Å². The van der Waals surface area contributed by atoms with E-state index in [4.69, 9.17) is 4.74 Å². The molecule has 0 amide bonds. The third-order valence-corrected chi connectivity index (χ3v) is 5.77. The molecule has 8 nitrogen and oxygen atoms in total. The summed E-state index contributed by atoms with van der Waals surface area (Å²) in [7, 11) is 4.01. The number of nitrogens with zero attached hydrogens (tertiary/aromatic N) is 6. The molecule has 3 aromatic heterocycles. The van der Waals surface area contributed by atoms with Gasteiger partial charge in [0.1, 0.15) is 6.10 Å². The summed E-state index contributed by atoms with van der Waals surface area (Å²) in [6.45, 7) is 2.72. The maximum atomic E-state index is 6.06. The summed E-state index contributed by atoms with van der Waals surface area (Å²) >= 11 is 1.52. The van der Waals surface area contributed by atoms with Gasteiger partial charge in [-0.1, -0.05) is 17.8 Å². The fraction of sp³-hybridized carbons (Fsp3) is 0.476. The lowest BCUT2D eigenvalue weighted by Crippen LogP contribution is -2.21. The van der Waals surface area contributed by atoms with E-state index in [1.54, 1.807) is 12.4 Å². The van der Waals surface area contributed by atoms with Crippen LogP contribution in [0.4, 0.5) is 10.9 Å². The van der Waals surface area contributed by atoms with Crippen LogP contribution in [-0.4, -0.2) is 50.0 Å². The van der Waals surface area contributed by atoms with Gasteiger partial charge in [-0.15, -0.1) is 0 Å². The van der Waals surface area contributed by atoms with Crippen molar-refractivity contribution < 1.29 is 4.74 Å². The lowest BCUT2D eigenvalue weighted by Gasteiger charge is -2.21. The zero-order chi connectivity index (χ0) is 20.9. The highest BCUT2D eigenvalue weighted by Gasteiger charge is 2.17. The Kier molecular flexibility index (Phi) is 6.49. The maximum absolute atomic E-state index is 6.06. The molecule has 1 aliphatic rings. The number of anilines is 2. The first-order valence-electron chi connectivity index (χ1n) is 10.3. The average Bonchev–Trinajstić information content (AvgIpc) is 3.18. The van der Waals surface area contributed by atoms with E-state index >= 15 is 0 Å². The van der Waals surface area contributed by atoms with E-state index in [1.807, 2.05) is 33.3 Å². The zero-order valence-electron chi connectivity index (χ0n) is 17.6. The molecule has 1 fully saturated rings. The third kappa shape index (κ3) is 5.48. The molecule has 0 unspecified atom stereocenters. The van der Waals surface area contributed by atoms with Crippen LogP contribution in [0.2, 0.25) is 0 Å². The largest absolute Gasteiger partial charge is 0.460 e. The Balaban J connectivity index is 1.45. The van der Waals surface area contributed by atoms with Gasteiger partial charge in [0.05, 0.1) is 28.7 Å². The second kappa shape index (κ2) is 9.44. The summed E-state index contributed by atoms with van der Waals surface area (Å²) in [5, 5.41) is 3.96. The molecule has 3 heterocycles. The number of hydrogen-bond donors (Lipinski definition) is 1. The van der Waals surface area contributed by atoms with Crippen molar-refractivity contribution in [2.75, 3.05) is 19.4 Å². The van der Waals surface area contributed by atoms with Gasteiger partial charge in [0.2, 0.25) is 0 Å². The Hall–Kier alpha value is -2.65. The normalized spacial score (nSPS) is 14.8. The van der Waals surface area contributed by atoms with Gasteiger partial charge in [-0.3, -0.25) is 4.98 Å². The summed E-state index contributed by atoms with van der Waals surface area (Å²) < 4.78 is 6.06. The molecule has 1 N–H and O–H groups in total. The first kappa shape index (κ1) is 20.6. The summed E-state index contributed by atoms with van der Waals surface area (Å²) in [6, 6.07) is 2.42. The monoisotopic (exact) mass is 425 g/mol. The van der Waals surface area contributed by atoms with Crippen molar-refractivity contribution in [1.82, 2.24) is 29.8 Å². The van der Waals surface area contributed by atoms with Crippen molar-refractivity contribution in [2.45, 2.75) is 51.7 Å². The van der Waals surface area contributed by atoms with Crippen LogP contribution in [0.25, 0.3) is 10.6 Å². The molecule has 0 bridgehead atoms. The molecule has 0 spiro atoms. The summed E-state index contributed by atoms with van der Waals surface area (Å²) in [4.78, 5) is 25.4. The van der Waals surface area contributed by atoms with Crippen molar-refractivity contribution in [1.29, 1.82) is 0 Å². The van der Waals surface area contributed by atoms with Gasteiger partial charge in [0.25, 0.3) is 0 Å². The highest BCUT2D eigenvalue weighted by Crippen LogP contribution is 2.31. The van der Waals surface area contributed by atoms with Crippen molar-refractivity contribution in [3.63, 3.8) is 0 Å². The van der Waals surface area contributed by atoms with Crippen LogP contribution < -0.4 is 10.1 Å².